The molecule has 342 valence electrons. The van der Waals surface area contributed by atoms with Crippen LogP contribution in [-0.4, -0.2) is 129 Å². The number of piperidine rings is 1. The number of phenolic OH excluding ortho intramolecular Hbond substituents is 1. The first-order chi connectivity index (χ1) is 29.4. The lowest BCUT2D eigenvalue weighted by Crippen LogP contribution is -2.65. The summed E-state index contributed by atoms with van der Waals surface area (Å²) in [6.07, 6.45) is -0.423. The number of carbonyl (C=O) groups is 4. The van der Waals surface area contributed by atoms with Crippen LogP contribution in [0.25, 0.3) is 0 Å². The predicted octanol–water partition coefficient (Wildman–Crippen LogP) is 5.30. The Morgan fingerprint density at radius 1 is 0.952 bits per heavy atom. The van der Waals surface area contributed by atoms with Gasteiger partial charge in [-0.2, -0.15) is 26.3 Å². The number of likely N-dealkylation sites (N-methyl/N-ethyl adjacent to an activating group) is 1. The Labute approximate surface area is 358 Å². The van der Waals surface area contributed by atoms with Crippen LogP contribution < -0.4 is 0 Å². The molecule has 3 aliphatic heterocycles. The zero-order chi connectivity index (χ0) is 46.5. The number of aliphatic hydroxyl groups is 1. The normalized spacial score (nSPS) is 28.3. The molecule has 6 aliphatic rings. The fourth-order valence-electron chi connectivity index (χ4n) is 10.2. The Morgan fingerprint density at radius 2 is 1.54 bits per heavy atom. The number of alkyl halides is 6. The number of carboxylic acids is 2. The Balaban J connectivity index is 0.000000409. The van der Waals surface area contributed by atoms with E-state index in [1.807, 2.05) is 69.3 Å². The fourth-order valence-corrected chi connectivity index (χ4v) is 10.2. The van der Waals surface area contributed by atoms with Crippen LogP contribution in [0.4, 0.5) is 26.3 Å². The first kappa shape index (κ1) is 47.1. The summed E-state index contributed by atoms with van der Waals surface area (Å²) in [4.78, 5) is 52.9. The minimum Gasteiger partial charge on any atom is -0.508 e. The zero-order valence-corrected chi connectivity index (χ0v) is 35.0. The summed E-state index contributed by atoms with van der Waals surface area (Å²) in [7, 11) is 5.97. The molecular formula is C44H49F6N3O10. The molecule has 63 heavy (non-hydrogen) atoms. The van der Waals surface area contributed by atoms with Gasteiger partial charge in [-0.1, -0.05) is 42.5 Å². The number of amides is 1. The van der Waals surface area contributed by atoms with Gasteiger partial charge in [0.1, 0.15) is 29.8 Å². The van der Waals surface area contributed by atoms with E-state index in [1.165, 1.54) is 0 Å². The van der Waals surface area contributed by atoms with Crippen molar-refractivity contribution in [2.24, 2.45) is 23.2 Å². The van der Waals surface area contributed by atoms with Crippen molar-refractivity contribution in [1.29, 1.82) is 0 Å². The summed E-state index contributed by atoms with van der Waals surface area (Å²) < 4.78 is 76.5. The van der Waals surface area contributed by atoms with Crippen molar-refractivity contribution < 1.29 is 75.4 Å². The summed E-state index contributed by atoms with van der Waals surface area (Å²) in [6.45, 7) is 5.13. The van der Waals surface area contributed by atoms with Crippen molar-refractivity contribution in [3.8, 4) is 5.75 Å². The third-order valence-corrected chi connectivity index (χ3v) is 13.1. The number of hydrogen-bond donors (Lipinski definition) is 4. The third kappa shape index (κ3) is 9.18. The van der Waals surface area contributed by atoms with Crippen LogP contribution in [-0.2, 0) is 48.0 Å². The number of benzene rings is 2. The highest BCUT2D eigenvalue weighted by Crippen LogP contribution is 2.67. The number of nitrogens with zero attached hydrogens (tertiary/aromatic N) is 3. The van der Waals surface area contributed by atoms with Crippen molar-refractivity contribution in [1.82, 2.24) is 14.7 Å². The van der Waals surface area contributed by atoms with Gasteiger partial charge in [-0.15, -0.1) is 0 Å². The summed E-state index contributed by atoms with van der Waals surface area (Å²) >= 11 is 0. The molecule has 3 fully saturated rings. The van der Waals surface area contributed by atoms with Crippen LogP contribution in [0.15, 0.2) is 72.2 Å². The van der Waals surface area contributed by atoms with Crippen molar-refractivity contribution in [2.75, 3.05) is 27.7 Å². The number of carbonyl (C=O) groups excluding carboxylic acids is 2. The molecule has 2 unspecified atom stereocenters. The number of hydrogen-bond acceptors (Lipinski definition) is 10. The van der Waals surface area contributed by atoms with Gasteiger partial charge in [0, 0.05) is 36.3 Å². The molecule has 1 saturated carbocycles. The maximum atomic E-state index is 14.6. The number of fused-ring (bicyclic) bond motifs is 1. The van der Waals surface area contributed by atoms with Crippen LogP contribution >= 0.6 is 0 Å². The minimum absolute atomic E-state index is 0.0274. The van der Waals surface area contributed by atoms with Crippen LogP contribution in [0.1, 0.15) is 40.7 Å². The van der Waals surface area contributed by atoms with E-state index in [2.05, 4.69) is 24.1 Å². The molecule has 1 spiro atoms. The maximum Gasteiger partial charge on any atom is 0.490 e. The van der Waals surface area contributed by atoms with Gasteiger partial charge in [-0.05, 0) is 113 Å². The first-order valence-corrected chi connectivity index (χ1v) is 20.2. The Morgan fingerprint density at radius 3 is 2.11 bits per heavy atom. The molecule has 2 aromatic rings. The van der Waals surface area contributed by atoms with Gasteiger partial charge in [0.25, 0.3) is 0 Å². The smallest absolute Gasteiger partial charge is 0.490 e. The number of allylic oxidation sites excluding steroid dienone is 3. The lowest BCUT2D eigenvalue weighted by molar-refractivity contribution is -0.193. The fraction of sp³-hybridized carbons (Fsp3) is 0.500. The van der Waals surface area contributed by atoms with Gasteiger partial charge in [0.15, 0.2) is 5.76 Å². The van der Waals surface area contributed by atoms with E-state index in [0.717, 1.165) is 47.2 Å². The van der Waals surface area contributed by atoms with Crippen molar-refractivity contribution in [2.45, 2.75) is 88.8 Å². The molecule has 2 aromatic carbocycles. The molecule has 1 amide bonds. The Kier molecular flexibility index (Phi) is 13.2. The second kappa shape index (κ2) is 17.6. The van der Waals surface area contributed by atoms with E-state index >= 15 is 0 Å². The van der Waals surface area contributed by atoms with E-state index < -0.39 is 48.4 Å². The predicted molar refractivity (Wildman–Crippen MR) is 211 cm³/mol. The lowest BCUT2D eigenvalue weighted by Gasteiger charge is -2.60. The SMILES string of the molecule is Cc1cc(O)cc(C)c1C[C@@H](C(=O)N1Cc2ccccc2C[C@H]1C(=O)OC1=C2O[C@H]3[C@@H](O)C=C[C@H]4[C@H]5CC(C=C1)C2[C@]43CCN5C)N(C)C.O=C(O)C(F)(F)F.O=C(O)C(F)(F)F. The summed E-state index contributed by atoms with van der Waals surface area (Å²) in [6, 6.07) is 10.4. The van der Waals surface area contributed by atoms with Gasteiger partial charge in [0.05, 0.1) is 6.04 Å². The van der Waals surface area contributed by atoms with Crippen LogP contribution in [0.2, 0.25) is 0 Å². The molecular weight excluding hydrogens is 844 g/mol. The van der Waals surface area contributed by atoms with Crippen molar-refractivity contribution in [3.05, 3.63) is 100 Å². The molecule has 3 aliphatic carbocycles. The number of esters is 1. The molecule has 0 aromatic heterocycles. The van der Waals surface area contributed by atoms with E-state index in [9.17, 15) is 46.1 Å². The summed E-state index contributed by atoms with van der Waals surface area (Å²) in [5.41, 5.74) is 4.65. The topological polar surface area (TPSA) is 177 Å². The molecule has 8 rings (SSSR count). The van der Waals surface area contributed by atoms with Crippen LogP contribution in [0, 0.1) is 37.0 Å². The lowest BCUT2D eigenvalue weighted by atomic mass is 9.48. The Bertz CT molecular complexity index is 2180. The average Bonchev–Trinajstić information content (AvgIpc) is 3.55. The summed E-state index contributed by atoms with van der Waals surface area (Å²) in [5, 5.41) is 35.6. The van der Waals surface area contributed by atoms with Crippen LogP contribution in [0.3, 0.4) is 0 Å². The number of aromatic hydroxyl groups is 1. The monoisotopic (exact) mass is 893 g/mol. The highest BCUT2D eigenvalue weighted by Gasteiger charge is 2.69. The number of ether oxygens (including phenoxy) is 2. The number of carboxylic acid groups (broad SMARTS) is 2. The molecule has 13 nitrogen and oxygen atoms in total. The van der Waals surface area contributed by atoms with Gasteiger partial charge in [-0.3, -0.25) is 9.69 Å². The largest absolute Gasteiger partial charge is 0.508 e. The van der Waals surface area contributed by atoms with Crippen molar-refractivity contribution in [3.63, 3.8) is 0 Å². The number of halogens is 6. The third-order valence-electron chi connectivity index (χ3n) is 13.1. The molecule has 19 heteroatoms. The van der Waals surface area contributed by atoms with Crippen LogP contribution in [0.5, 0.6) is 5.75 Å². The molecule has 9 atom stereocenters. The standard InChI is InChI=1S/C40H47N3O6.2C2HF3O2/c1-22-16-27(44)17-23(2)28(22)20-31(41(3)4)38(46)43-21-26-9-7-6-8-24(26)18-32(43)39(47)48-34-13-10-25-19-30-29-11-12-33(45)37-40(29,14-15-42(30)5)35(25)36(34)49-37;2*3-2(4,5)1(6)7/h6-13,16-17,25,29-33,35,37,44-45H,14-15,18-21H2,1-5H3;2*(H,6,7)/t25?,29-,30+,31-,32-,33-,35?,37-,40-;;/m0../s1. The maximum absolute atomic E-state index is 14.6. The second-order valence-corrected chi connectivity index (χ2v) is 17.0. The Hall–Kier alpha value is -5.40. The molecule has 2 bridgehead atoms. The number of likely N-dealkylation sites (tertiary alicyclic amines) is 1. The number of aryl methyl sites for hydroxylation is 2. The van der Waals surface area contributed by atoms with Gasteiger partial charge in [-0.25, -0.2) is 14.4 Å². The molecule has 0 radical (unpaired) electrons. The molecule has 2 saturated heterocycles. The van der Waals surface area contributed by atoms with E-state index in [-0.39, 0.29) is 40.9 Å². The molecule has 3 heterocycles. The number of aliphatic hydroxyl groups excluding tert-OH is 1. The molecule has 4 N–H and O–H groups in total. The minimum atomic E-state index is -5.08. The summed E-state index contributed by atoms with van der Waals surface area (Å²) in [5.74, 6) is -4.33. The number of aliphatic carboxylic acids is 2. The second-order valence-electron chi connectivity index (χ2n) is 17.0. The van der Waals surface area contributed by atoms with Gasteiger partial charge in [0.2, 0.25) is 5.91 Å². The van der Waals surface area contributed by atoms with E-state index in [4.69, 9.17) is 29.3 Å². The first-order valence-electron chi connectivity index (χ1n) is 20.2. The van der Waals surface area contributed by atoms with E-state index in [0.29, 0.717) is 36.9 Å². The zero-order valence-electron chi connectivity index (χ0n) is 35.0. The number of phenols is 1. The highest BCUT2D eigenvalue weighted by atomic mass is 19.4. The quantitative estimate of drug-likeness (QED) is 0.168. The highest BCUT2D eigenvalue weighted by molar-refractivity contribution is 5.89. The van der Waals surface area contributed by atoms with Crippen molar-refractivity contribution >= 4 is 23.8 Å². The number of rotatable bonds is 6. The van der Waals surface area contributed by atoms with E-state index in [1.54, 1.807) is 17.0 Å². The van der Waals surface area contributed by atoms with Gasteiger partial charge >= 0.3 is 30.3 Å². The average molecular weight is 894 g/mol. The van der Waals surface area contributed by atoms with Gasteiger partial charge < -0.3 is 39.7 Å².